The van der Waals surface area contributed by atoms with E-state index in [2.05, 4.69) is 10.6 Å². The van der Waals surface area contributed by atoms with Crippen molar-refractivity contribution in [2.45, 2.75) is 17.7 Å². The van der Waals surface area contributed by atoms with Crippen LogP contribution in [0.5, 0.6) is 0 Å². The molecule has 2 aromatic carbocycles. The highest BCUT2D eigenvalue weighted by atomic mass is 35.5. The minimum absolute atomic E-state index is 0.0116. The Hall–Kier alpha value is -2.38. The summed E-state index contributed by atoms with van der Waals surface area (Å²) < 4.78 is 23.3. The lowest BCUT2D eigenvalue weighted by molar-refractivity contribution is -0.117. The summed E-state index contributed by atoms with van der Waals surface area (Å²) in [6.07, 6.45) is 2.86. The highest BCUT2D eigenvalue weighted by Gasteiger charge is 2.29. The molecule has 0 aromatic heterocycles. The minimum Gasteiger partial charge on any atom is -0.326 e. The molecule has 8 heteroatoms. The number of anilines is 2. The molecular formula is C18H17ClN2O4S. The molecule has 26 heavy (non-hydrogen) atoms. The first kappa shape index (κ1) is 18.4. The monoisotopic (exact) mass is 392 g/mol. The van der Waals surface area contributed by atoms with Crippen LogP contribution in [0.15, 0.2) is 47.4 Å². The molecule has 1 aliphatic rings. The quantitative estimate of drug-likeness (QED) is 0.816. The Morgan fingerprint density at radius 1 is 1.04 bits per heavy atom. The topological polar surface area (TPSA) is 92.3 Å². The number of hydrogen-bond donors (Lipinski definition) is 2. The van der Waals surface area contributed by atoms with Crippen molar-refractivity contribution in [1.82, 2.24) is 0 Å². The second-order valence-corrected chi connectivity index (χ2v) is 8.64. The lowest BCUT2D eigenvalue weighted by Crippen LogP contribution is -2.15. The van der Waals surface area contributed by atoms with Crippen LogP contribution in [-0.2, 0) is 14.6 Å². The van der Waals surface area contributed by atoms with Crippen LogP contribution in [0, 0.1) is 5.92 Å². The lowest BCUT2D eigenvalue weighted by atomic mass is 10.2. The Labute approximate surface area is 156 Å². The second kappa shape index (κ2) is 7.09. The summed E-state index contributed by atoms with van der Waals surface area (Å²) in [7, 11) is -3.46. The van der Waals surface area contributed by atoms with E-state index in [1.807, 2.05) is 0 Å². The second-order valence-electron chi connectivity index (χ2n) is 6.21. The molecule has 1 aliphatic carbocycles. The summed E-state index contributed by atoms with van der Waals surface area (Å²) >= 11 is 6.04. The highest BCUT2D eigenvalue weighted by molar-refractivity contribution is 7.90. The maximum atomic E-state index is 12.5. The van der Waals surface area contributed by atoms with Crippen molar-refractivity contribution >= 4 is 44.6 Å². The molecule has 136 valence electrons. The zero-order valence-electron chi connectivity index (χ0n) is 14.0. The van der Waals surface area contributed by atoms with E-state index in [-0.39, 0.29) is 27.3 Å². The van der Waals surface area contributed by atoms with Crippen molar-refractivity contribution in [1.29, 1.82) is 0 Å². The van der Waals surface area contributed by atoms with Crippen LogP contribution >= 0.6 is 11.6 Å². The molecule has 0 aliphatic heterocycles. The van der Waals surface area contributed by atoms with Crippen LogP contribution < -0.4 is 10.6 Å². The van der Waals surface area contributed by atoms with Crippen molar-refractivity contribution in [3.8, 4) is 0 Å². The average molecular weight is 393 g/mol. The van der Waals surface area contributed by atoms with Crippen LogP contribution in [0.25, 0.3) is 0 Å². The first-order valence-corrected chi connectivity index (χ1v) is 10.2. The Balaban J connectivity index is 1.78. The van der Waals surface area contributed by atoms with Crippen LogP contribution in [0.3, 0.4) is 0 Å². The SMILES string of the molecule is CS(=O)(=O)c1ccc(Cl)c(C(=O)Nc2cccc(NC(=O)C3CC3)c2)c1. The number of benzene rings is 2. The number of halogens is 1. The van der Waals surface area contributed by atoms with Crippen LogP contribution in [0.1, 0.15) is 23.2 Å². The number of nitrogens with one attached hydrogen (secondary N) is 2. The van der Waals surface area contributed by atoms with Gasteiger partial charge in [0.2, 0.25) is 5.91 Å². The molecule has 2 aromatic rings. The zero-order valence-corrected chi connectivity index (χ0v) is 15.5. The molecule has 1 saturated carbocycles. The number of amides is 2. The number of hydrogen-bond acceptors (Lipinski definition) is 4. The molecule has 0 spiro atoms. The van der Waals surface area contributed by atoms with Gasteiger partial charge in [-0.1, -0.05) is 17.7 Å². The largest absolute Gasteiger partial charge is 0.326 e. The van der Waals surface area contributed by atoms with Crippen molar-refractivity contribution < 1.29 is 18.0 Å². The molecule has 0 bridgehead atoms. The van der Waals surface area contributed by atoms with Gasteiger partial charge in [-0.25, -0.2) is 8.42 Å². The third kappa shape index (κ3) is 4.42. The molecule has 2 amide bonds. The maximum Gasteiger partial charge on any atom is 0.257 e. The predicted octanol–water partition coefficient (Wildman–Crippen LogP) is 3.34. The molecule has 2 N–H and O–H groups in total. The van der Waals surface area contributed by atoms with Gasteiger partial charge in [-0.3, -0.25) is 9.59 Å². The van der Waals surface area contributed by atoms with Gasteiger partial charge in [-0.05, 0) is 49.2 Å². The number of rotatable bonds is 5. The van der Waals surface area contributed by atoms with Gasteiger partial charge in [-0.15, -0.1) is 0 Å². The van der Waals surface area contributed by atoms with Gasteiger partial charge < -0.3 is 10.6 Å². The lowest BCUT2D eigenvalue weighted by Gasteiger charge is -2.10. The first-order chi connectivity index (χ1) is 12.2. The fourth-order valence-electron chi connectivity index (χ4n) is 2.37. The fraction of sp³-hybridized carbons (Fsp3) is 0.222. The maximum absolute atomic E-state index is 12.5. The standard InChI is InChI=1S/C18H17ClN2O4S/c1-26(24,25)14-7-8-16(19)15(10-14)18(23)21-13-4-2-3-12(9-13)20-17(22)11-5-6-11/h2-4,7-11H,5-6H2,1H3,(H,20,22)(H,21,23). The number of sulfone groups is 1. The van der Waals surface area contributed by atoms with E-state index in [9.17, 15) is 18.0 Å². The molecular weight excluding hydrogens is 376 g/mol. The van der Waals surface area contributed by atoms with Crippen LogP contribution in [-0.4, -0.2) is 26.5 Å². The third-order valence-electron chi connectivity index (χ3n) is 3.95. The van der Waals surface area contributed by atoms with Gasteiger partial charge >= 0.3 is 0 Å². The Kier molecular flexibility index (Phi) is 5.02. The van der Waals surface area contributed by atoms with Crippen LogP contribution in [0.2, 0.25) is 5.02 Å². The number of carbonyl (C=O) groups is 2. The van der Waals surface area contributed by atoms with E-state index in [1.54, 1.807) is 24.3 Å². The number of carbonyl (C=O) groups excluding carboxylic acids is 2. The normalized spacial score (nSPS) is 13.9. The molecule has 0 heterocycles. The predicted molar refractivity (Wildman–Crippen MR) is 100 cm³/mol. The highest BCUT2D eigenvalue weighted by Crippen LogP contribution is 2.30. The van der Waals surface area contributed by atoms with Gasteiger partial charge in [-0.2, -0.15) is 0 Å². The molecule has 0 saturated heterocycles. The summed E-state index contributed by atoms with van der Waals surface area (Å²) in [5.41, 5.74) is 1.10. The summed E-state index contributed by atoms with van der Waals surface area (Å²) in [6, 6.07) is 10.7. The summed E-state index contributed by atoms with van der Waals surface area (Å²) in [5.74, 6) is -0.491. The Bertz CT molecular complexity index is 984. The van der Waals surface area contributed by atoms with E-state index in [4.69, 9.17) is 11.6 Å². The Morgan fingerprint density at radius 2 is 1.69 bits per heavy atom. The molecule has 3 rings (SSSR count). The van der Waals surface area contributed by atoms with Crippen molar-refractivity contribution in [2.75, 3.05) is 16.9 Å². The molecule has 0 unspecified atom stereocenters. The summed E-state index contributed by atoms with van der Waals surface area (Å²) in [5, 5.41) is 5.62. The van der Waals surface area contributed by atoms with Gasteiger partial charge in [0, 0.05) is 23.5 Å². The van der Waals surface area contributed by atoms with E-state index in [0.29, 0.717) is 11.4 Å². The molecule has 1 fully saturated rings. The third-order valence-corrected chi connectivity index (χ3v) is 5.39. The van der Waals surface area contributed by atoms with E-state index >= 15 is 0 Å². The minimum atomic E-state index is -3.46. The fourth-order valence-corrected chi connectivity index (χ4v) is 3.22. The summed E-state index contributed by atoms with van der Waals surface area (Å²) in [6.45, 7) is 0. The van der Waals surface area contributed by atoms with Crippen LogP contribution in [0.4, 0.5) is 11.4 Å². The molecule has 0 atom stereocenters. The van der Waals surface area contributed by atoms with Gasteiger partial charge in [0.25, 0.3) is 5.91 Å². The van der Waals surface area contributed by atoms with E-state index in [0.717, 1.165) is 19.1 Å². The van der Waals surface area contributed by atoms with Crippen molar-refractivity contribution in [3.05, 3.63) is 53.1 Å². The first-order valence-electron chi connectivity index (χ1n) is 7.96. The van der Waals surface area contributed by atoms with E-state index in [1.165, 1.54) is 18.2 Å². The van der Waals surface area contributed by atoms with Gasteiger partial charge in [0.05, 0.1) is 15.5 Å². The smallest absolute Gasteiger partial charge is 0.257 e. The van der Waals surface area contributed by atoms with Gasteiger partial charge in [0.1, 0.15) is 0 Å². The Morgan fingerprint density at radius 3 is 2.31 bits per heavy atom. The molecule has 0 radical (unpaired) electrons. The van der Waals surface area contributed by atoms with E-state index < -0.39 is 15.7 Å². The van der Waals surface area contributed by atoms with Crippen molar-refractivity contribution in [2.24, 2.45) is 5.92 Å². The van der Waals surface area contributed by atoms with Gasteiger partial charge in [0.15, 0.2) is 9.84 Å². The van der Waals surface area contributed by atoms with Crippen molar-refractivity contribution in [3.63, 3.8) is 0 Å². The molecule has 6 nitrogen and oxygen atoms in total. The summed E-state index contributed by atoms with van der Waals surface area (Å²) in [4.78, 5) is 24.3. The average Bonchev–Trinajstić information content (AvgIpc) is 3.39. The zero-order chi connectivity index (χ0) is 18.9.